The fourth-order valence-corrected chi connectivity index (χ4v) is 11.5. The van der Waals surface area contributed by atoms with E-state index in [4.69, 9.17) is 24.3 Å². The number of allylic oxidation sites excluding steroid dienone is 18. The molecule has 3 N–H and O–H groups in total. The maximum atomic E-state index is 12.8. The molecule has 0 heterocycles. The number of carbonyl (C=O) groups is 2. The average Bonchev–Trinajstić information content (AvgIpc) is 3.66. The topological polar surface area (TPSA) is 134 Å². The largest absolute Gasteiger partial charge is 0.472 e. The lowest BCUT2D eigenvalue weighted by Crippen LogP contribution is -2.29. The van der Waals surface area contributed by atoms with Crippen LogP contribution in [-0.2, 0) is 32.7 Å². The van der Waals surface area contributed by atoms with Gasteiger partial charge in [-0.15, -0.1) is 0 Å². The Morgan fingerprint density at radius 2 is 0.584 bits per heavy atom. The molecule has 2 atom stereocenters. The highest BCUT2D eigenvalue weighted by molar-refractivity contribution is 7.47. The third-order valence-electron chi connectivity index (χ3n) is 16.2. The van der Waals surface area contributed by atoms with Gasteiger partial charge in [0, 0.05) is 19.4 Å². The first-order valence-electron chi connectivity index (χ1n) is 37.4. The lowest BCUT2D eigenvalue weighted by atomic mass is 10.0. The van der Waals surface area contributed by atoms with Crippen LogP contribution in [0.25, 0.3) is 0 Å². The zero-order valence-corrected chi connectivity index (χ0v) is 58.8. The Kier molecular flexibility index (Phi) is 71.0. The third kappa shape index (κ3) is 73.6. The molecule has 0 aromatic rings. The number of esters is 2. The first kappa shape index (κ1) is 85.7. The van der Waals surface area contributed by atoms with Crippen LogP contribution in [0.15, 0.2) is 109 Å². The van der Waals surface area contributed by atoms with Crippen LogP contribution in [0.1, 0.15) is 348 Å². The zero-order chi connectivity index (χ0) is 64.4. The van der Waals surface area contributed by atoms with E-state index < -0.39 is 26.5 Å². The Hall–Kier alpha value is -3.33. The quantitative estimate of drug-likeness (QED) is 0.0264. The lowest BCUT2D eigenvalue weighted by Gasteiger charge is -2.19. The molecule has 89 heavy (non-hydrogen) atoms. The highest BCUT2D eigenvalue weighted by Gasteiger charge is 2.26. The summed E-state index contributed by atoms with van der Waals surface area (Å²) >= 11 is 0. The molecule has 0 fully saturated rings. The number of phosphoric ester groups is 1. The van der Waals surface area contributed by atoms with Crippen LogP contribution < -0.4 is 5.73 Å². The molecule has 0 saturated carbocycles. The Morgan fingerprint density at radius 1 is 0.337 bits per heavy atom. The van der Waals surface area contributed by atoms with Crippen molar-refractivity contribution in [3.8, 4) is 0 Å². The molecule has 9 nitrogen and oxygen atoms in total. The summed E-state index contributed by atoms with van der Waals surface area (Å²) in [5.41, 5.74) is 5.41. The molecule has 0 aliphatic carbocycles. The molecule has 0 rings (SSSR count). The highest BCUT2D eigenvalue weighted by atomic mass is 31.2. The van der Waals surface area contributed by atoms with E-state index in [1.807, 2.05) is 0 Å². The number of nitrogens with two attached hydrogens (primary N) is 1. The van der Waals surface area contributed by atoms with Gasteiger partial charge >= 0.3 is 19.8 Å². The number of unbranched alkanes of at least 4 members (excludes halogenated alkanes) is 39. The van der Waals surface area contributed by atoms with Crippen molar-refractivity contribution in [3.63, 3.8) is 0 Å². The number of hydrogen-bond donors (Lipinski definition) is 2. The summed E-state index contributed by atoms with van der Waals surface area (Å²) in [6, 6.07) is 0. The fraction of sp³-hybridized carbons (Fsp3) is 0.747. The first-order chi connectivity index (χ1) is 43.8. The molecule has 0 aliphatic heterocycles. The highest BCUT2D eigenvalue weighted by Crippen LogP contribution is 2.43. The van der Waals surface area contributed by atoms with Crippen LogP contribution >= 0.6 is 7.82 Å². The van der Waals surface area contributed by atoms with E-state index >= 15 is 0 Å². The first-order valence-corrected chi connectivity index (χ1v) is 38.9. The Bertz CT molecular complexity index is 1830. The van der Waals surface area contributed by atoms with E-state index in [0.717, 1.165) is 96.3 Å². The second-order valence-electron chi connectivity index (χ2n) is 24.8. The molecule has 10 heteroatoms. The smallest absolute Gasteiger partial charge is 0.462 e. The van der Waals surface area contributed by atoms with Crippen LogP contribution in [0.3, 0.4) is 0 Å². The minimum absolute atomic E-state index is 0.0524. The van der Waals surface area contributed by atoms with Crippen LogP contribution in [0.4, 0.5) is 0 Å². The summed E-state index contributed by atoms with van der Waals surface area (Å²) < 4.78 is 33.2. The fourth-order valence-electron chi connectivity index (χ4n) is 10.7. The summed E-state index contributed by atoms with van der Waals surface area (Å²) in [5.74, 6) is -0.813. The normalized spacial score (nSPS) is 13.5. The Balaban J connectivity index is 3.82. The summed E-state index contributed by atoms with van der Waals surface area (Å²) in [6.45, 7) is 3.57. The van der Waals surface area contributed by atoms with Crippen LogP contribution in [-0.4, -0.2) is 49.3 Å². The summed E-state index contributed by atoms with van der Waals surface area (Å²) in [5, 5.41) is 0. The van der Waals surface area contributed by atoms with E-state index in [1.165, 1.54) is 218 Å². The van der Waals surface area contributed by atoms with Crippen LogP contribution in [0, 0.1) is 0 Å². The molecule has 0 aliphatic rings. The predicted molar refractivity (Wildman–Crippen MR) is 385 cm³/mol. The van der Waals surface area contributed by atoms with Gasteiger partial charge < -0.3 is 20.1 Å². The van der Waals surface area contributed by atoms with Crippen molar-refractivity contribution >= 4 is 19.8 Å². The summed E-state index contributed by atoms with van der Waals surface area (Å²) in [4.78, 5) is 35.4. The number of carbonyl (C=O) groups excluding carboxylic acids is 2. The van der Waals surface area contributed by atoms with Gasteiger partial charge in [0.1, 0.15) is 6.61 Å². The monoisotopic (exact) mass is 1260 g/mol. The molecule has 0 saturated heterocycles. The summed E-state index contributed by atoms with van der Waals surface area (Å²) in [7, 11) is -4.40. The maximum Gasteiger partial charge on any atom is 0.472 e. The average molecular weight is 1260 g/mol. The van der Waals surface area contributed by atoms with Crippen molar-refractivity contribution in [2.24, 2.45) is 5.73 Å². The molecular formula is C79H140NO8P. The van der Waals surface area contributed by atoms with Gasteiger partial charge in [0.2, 0.25) is 0 Å². The molecule has 0 amide bonds. The van der Waals surface area contributed by atoms with E-state index in [0.29, 0.717) is 6.42 Å². The second-order valence-corrected chi connectivity index (χ2v) is 26.2. The van der Waals surface area contributed by atoms with E-state index in [-0.39, 0.29) is 38.6 Å². The van der Waals surface area contributed by atoms with Crippen molar-refractivity contribution < 1.29 is 37.6 Å². The van der Waals surface area contributed by atoms with Crippen molar-refractivity contribution in [2.75, 3.05) is 26.4 Å². The molecule has 2 unspecified atom stereocenters. The molecule has 0 radical (unpaired) electrons. The third-order valence-corrected chi connectivity index (χ3v) is 17.1. The van der Waals surface area contributed by atoms with Gasteiger partial charge in [-0.3, -0.25) is 18.6 Å². The van der Waals surface area contributed by atoms with Gasteiger partial charge in [0.15, 0.2) is 6.10 Å². The second kappa shape index (κ2) is 73.7. The molecule has 0 aromatic heterocycles. The SMILES string of the molecule is CC/C=C\C/C=C\C/C=C\C/C=C\C/C=C\CCCCCCCCCCCCCCCCCCCCCC(=O)OC(COC(=O)CCCCCCCCCCCCCCCCCCCCCC/C=C\C/C=C\C/C=C\C/C=C\CC)COP(=O)(O)OCCN. The lowest BCUT2D eigenvalue weighted by molar-refractivity contribution is -0.161. The molecule has 514 valence electrons. The molecule has 0 aromatic carbocycles. The maximum absolute atomic E-state index is 12.8. The number of hydrogen-bond acceptors (Lipinski definition) is 8. The number of ether oxygens (including phenoxy) is 2. The van der Waals surface area contributed by atoms with Gasteiger partial charge in [-0.25, -0.2) is 4.57 Å². The predicted octanol–water partition coefficient (Wildman–Crippen LogP) is 24.9. The van der Waals surface area contributed by atoms with Crippen molar-refractivity contribution in [1.29, 1.82) is 0 Å². The van der Waals surface area contributed by atoms with Crippen molar-refractivity contribution in [2.45, 2.75) is 354 Å². The number of phosphoric acid groups is 1. The standard InChI is InChI=1S/C79H140NO8P/c1-3-5-7-9-11-13-15-17-19-21-23-25-27-29-31-33-35-37-38-40-42-44-46-48-50-52-54-56-58-60-62-64-66-68-70-72-79(82)88-77(76-87-89(83,84)86-74-73-80)75-85-78(81)71-69-67-65-63-61-59-57-55-53-51-49-47-45-43-41-39-36-34-32-30-28-26-24-22-20-18-16-14-12-10-8-6-4-2/h5-8,11-14,17-20,23-26,29,31,77H,3-4,9-10,15-16,21-22,27-28,30,32-76,80H2,1-2H3,(H,83,84)/b7-5-,8-6-,13-11-,14-12-,19-17-,20-18-,25-23-,26-24-,31-29-. The zero-order valence-electron chi connectivity index (χ0n) is 57.9. The number of rotatable bonds is 70. The van der Waals surface area contributed by atoms with Gasteiger partial charge in [0.25, 0.3) is 0 Å². The minimum atomic E-state index is -4.40. The molecular weight excluding hydrogens is 1120 g/mol. The van der Waals surface area contributed by atoms with Gasteiger partial charge in [-0.1, -0.05) is 348 Å². The van der Waals surface area contributed by atoms with E-state index in [9.17, 15) is 19.0 Å². The van der Waals surface area contributed by atoms with Gasteiger partial charge in [0.05, 0.1) is 13.2 Å². The molecule has 0 bridgehead atoms. The molecule has 0 spiro atoms. The van der Waals surface area contributed by atoms with Crippen LogP contribution in [0.5, 0.6) is 0 Å². The van der Waals surface area contributed by atoms with Crippen molar-refractivity contribution in [1.82, 2.24) is 0 Å². The van der Waals surface area contributed by atoms with Crippen LogP contribution in [0.2, 0.25) is 0 Å². The summed E-state index contributed by atoms with van der Waals surface area (Å²) in [6.07, 6.45) is 102. The van der Waals surface area contributed by atoms with Crippen molar-refractivity contribution in [3.05, 3.63) is 109 Å². The van der Waals surface area contributed by atoms with Gasteiger partial charge in [-0.05, 0) is 96.3 Å². The van der Waals surface area contributed by atoms with E-state index in [2.05, 4.69) is 123 Å². The Labute approximate surface area is 549 Å². The Morgan fingerprint density at radius 3 is 0.865 bits per heavy atom. The minimum Gasteiger partial charge on any atom is -0.462 e. The van der Waals surface area contributed by atoms with E-state index in [1.54, 1.807) is 0 Å². The van der Waals surface area contributed by atoms with Gasteiger partial charge in [-0.2, -0.15) is 0 Å².